The Morgan fingerprint density at radius 1 is 0.978 bits per heavy atom. The van der Waals surface area contributed by atoms with Crippen LogP contribution in [0, 0.1) is 5.82 Å². The van der Waals surface area contributed by atoms with Gasteiger partial charge in [-0.05, 0) is 42.0 Å². The van der Waals surface area contributed by atoms with Crippen molar-refractivity contribution < 1.29 is 32.9 Å². The largest absolute Gasteiger partial charge is 0.497 e. The number of carbonyl (C=O) groups is 2. The lowest BCUT2D eigenvalue weighted by Gasteiger charge is -2.31. The average Bonchev–Trinajstić information content (AvgIpc) is 3.52. The van der Waals surface area contributed by atoms with Crippen molar-refractivity contribution in [3.05, 3.63) is 83.7 Å². The summed E-state index contributed by atoms with van der Waals surface area (Å²) in [6, 6.07) is 17.5. The summed E-state index contributed by atoms with van der Waals surface area (Å²) in [6.07, 6.45) is 0.362. The first-order valence-corrected chi connectivity index (χ1v) is 14.8. The summed E-state index contributed by atoms with van der Waals surface area (Å²) in [5.74, 6) is 0.903. The Morgan fingerprint density at radius 2 is 1.71 bits per heavy atom. The molecule has 3 aromatic rings. The van der Waals surface area contributed by atoms with Gasteiger partial charge in [-0.1, -0.05) is 24.3 Å². The molecule has 238 valence electrons. The summed E-state index contributed by atoms with van der Waals surface area (Å²) in [5, 5.41) is 9.05. The molecule has 0 aliphatic carbocycles. The minimum atomic E-state index is -0.515. The summed E-state index contributed by atoms with van der Waals surface area (Å²) in [7, 11) is 4.66. The highest BCUT2D eigenvalue weighted by Gasteiger charge is 2.35. The number of ether oxygens (including phenoxy) is 4. The van der Waals surface area contributed by atoms with Gasteiger partial charge in [0.15, 0.2) is 0 Å². The molecule has 1 saturated heterocycles. The summed E-state index contributed by atoms with van der Waals surface area (Å²) in [6.45, 7) is 3.34. The Bertz CT molecular complexity index is 1510. The topological polar surface area (TPSA) is 105 Å². The first-order chi connectivity index (χ1) is 21.9. The molecule has 2 aliphatic heterocycles. The first kappa shape index (κ1) is 31.7. The second kappa shape index (κ2) is 14.9. The lowest BCUT2D eigenvalue weighted by atomic mass is 9.97. The molecule has 2 heterocycles. The number of methoxy groups -OCH3 is 3. The standard InChI is InChI=1S/C33H38FN5O6/c1-42-25-12-13-26(31(20-25)44-3)28-21-29(23-8-10-24(34)11-9-23)39(36-28)32(40)22-38(15-14-37-16-18-45-19-17-37)33(41)35-27-6-4-5-7-30(27)43-2/h4-13,20,29H,14-19,21-22H2,1-3H3,(H,35,41)/t29-/m1/s1. The normalized spacial score (nSPS) is 16.6. The molecule has 0 bridgehead atoms. The Balaban J connectivity index is 1.43. The van der Waals surface area contributed by atoms with Crippen LogP contribution in [-0.2, 0) is 9.53 Å². The molecule has 5 rings (SSSR count). The van der Waals surface area contributed by atoms with Crippen molar-refractivity contribution in [1.29, 1.82) is 0 Å². The van der Waals surface area contributed by atoms with E-state index in [-0.39, 0.29) is 18.3 Å². The van der Waals surface area contributed by atoms with E-state index >= 15 is 0 Å². The van der Waals surface area contributed by atoms with Gasteiger partial charge in [-0.3, -0.25) is 9.69 Å². The van der Waals surface area contributed by atoms with Crippen LogP contribution in [0.2, 0.25) is 0 Å². The van der Waals surface area contributed by atoms with E-state index in [0.29, 0.717) is 72.5 Å². The second-order valence-electron chi connectivity index (χ2n) is 10.6. The van der Waals surface area contributed by atoms with E-state index in [9.17, 15) is 14.0 Å². The predicted octanol–water partition coefficient (Wildman–Crippen LogP) is 4.40. The number of nitrogens with one attached hydrogen (secondary N) is 1. The molecule has 3 aromatic carbocycles. The van der Waals surface area contributed by atoms with Gasteiger partial charge in [0, 0.05) is 44.2 Å². The highest BCUT2D eigenvalue weighted by atomic mass is 19.1. The number of hydrogen-bond donors (Lipinski definition) is 1. The zero-order valence-corrected chi connectivity index (χ0v) is 25.7. The van der Waals surface area contributed by atoms with Crippen molar-refractivity contribution in [3.63, 3.8) is 0 Å². The quantitative estimate of drug-likeness (QED) is 0.339. The predicted molar refractivity (Wildman–Crippen MR) is 168 cm³/mol. The van der Waals surface area contributed by atoms with Crippen molar-refractivity contribution in [2.45, 2.75) is 12.5 Å². The zero-order valence-electron chi connectivity index (χ0n) is 25.7. The lowest BCUT2D eigenvalue weighted by Crippen LogP contribution is -2.47. The number of rotatable bonds is 11. The molecular weight excluding hydrogens is 581 g/mol. The third kappa shape index (κ3) is 7.70. The van der Waals surface area contributed by atoms with Crippen LogP contribution in [0.25, 0.3) is 0 Å². The molecule has 11 nitrogen and oxygen atoms in total. The van der Waals surface area contributed by atoms with Gasteiger partial charge in [0.25, 0.3) is 5.91 Å². The number of nitrogens with zero attached hydrogens (tertiary/aromatic N) is 4. The zero-order chi connectivity index (χ0) is 31.8. The summed E-state index contributed by atoms with van der Waals surface area (Å²) >= 11 is 0. The van der Waals surface area contributed by atoms with Gasteiger partial charge in [0.05, 0.1) is 52.0 Å². The van der Waals surface area contributed by atoms with Crippen molar-refractivity contribution in [2.24, 2.45) is 5.10 Å². The van der Waals surface area contributed by atoms with Gasteiger partial charge in [-0.2, -0.15) is 5.10 Å². The van der Waals surface area contributed by atoms with Crippen LogP contribution in [-0.4, -0.2) is 99.7 Å². The number of hydrogen-bond acceptors (Lipinski definition) is 8. The Morgan fingerprint density at radius 3 is 2.42 bits per heavy atom. The average molecular weight is 620 g/mol. The monoisotopic (exact) mass is 619 g/mol. The van der Waals surface area contributed by atoms with Crippen molar-refractivity contribution in [2.75, 3.05) is 72.6 Å². The van der Waals surface area contributed by atoms with Crippen molar-refractivity contribution in [1.82, 2.24) is 14.8 Å². The van der Waals surface area contributed by atoms with Crippen LogP contribution >= 0.6 is 0 Å². The fourth-order valence-electron chi connectivity index (χ4n) is 5.40. The number of morpholine rings is 1. The molecule has 0 spiro atoms. The minimum absolute atomic E-state index is 0.237. The van der Waals surface area contributed by atoms with Crippen LogP contribution < -0.4 is 19.5 Å². The molecule has 2 aliphatic rings. The maximum atomic E-state index is 14.1. The maximum absolute atomic E-state index is 14.1. The fourth-order valence-corrected chi connectivity index (χ4v) is 5.40. The minimum Gasteiger partial charge on any atom is -0.497 e. The van der Waals surface area contributed by atoms with E-state index in [1.165, 1.54) is 29.2 Å². The molecular formula is C33H38FN5O6. The van der Waals surface area contributed by atoms with Crippen LogP contribution in [0.5, 0.6) is 17.2 Å². The van der Waals surface area contributed by atoms with Gasteiger partial charge in [0.2, 0.25) is 0 Å². The highest BCUT2D eigenvalue weighted by molar-refractivity contribution is 6.05. The number of para-hydroxylation sites is 2. The van der Waals surface area contributed by atoms with E-state index in [4.69, 9.17) is 24.0 Å². The molecule has 1 fully saturated rings. The van der Waals surface area contributed by atoms with Crippen LogP contribution in [0.1, 0.15) is 23.6 Å². The van der Waals surface area contributed by atoms with Crippen LogP contribution in [0.3, 0.4) is 0 Å². The molecule has 45 heavy (non-hydrogen) atoms. The van der Waals surface area contributed by atoms with Gasteiger partial charge >= 0.3 is 6.03 Å². The summed E-state index contributed by atoms with van der Waals surface area (Å²) in [5.41, 5.74) is 2.54. The Hall–Kier alpha value is -4.68. The lowest BCUT2D eigenvalue weighted by molar-refractivity contribution is -0.133. The maximum Gasteiger partial charge on any atom is 0.322 e. The third-order valence-corrected chi connectivity index (χ3v) is 7.89. The number of carbonyl (C=O) groups excluding carboxylic acids is 2. The molecule has 12 heteroatoms. The molecule has 0 aromatic heterocycles. The van der Waals surface area contributed by atoms with E-state index in [2.05, 4.69) is 10.2 Å². The highest BCUT2D eigenvalue weighted by Crippen LogP contribution is 2.36. The SMILES string of the molecule is COc1ccc(C2=NN(C(=O)CN(CCN3CCOCC3)C(=O)Nc3ccccc3OC)[C@@H](c3ccc(F)cc3)C2)c(OC)c1. The van der Waals surface area contributed by atoms with Gasteiger partial charge in [0.1, 0.15) is 29.6 Å². The molecule has 3 amide bonds. The van der Waals surface area contributed by atoms with Crippen molar-refractivity contribution in [3.8, 4) is 17.2 Å². The number of urea groups is 1. The number of amides is 3. The molecule has 1 atom stereocenters. The first-order valence-electron chi connectivity index (χ1n) is 14.8. The number of benzene rings is 3. The number of halogens is 1. The molecule has 0 saturated carbocycles. The van der Waals surface area contributed by atoms with Gasteiger partial charge in [-0.15, -0.1) is 0 Å². The van der Waals surface area contributed by atoms with Crippen molar-refractivity contribution >= 4 is 23.3 Å². The fraction of sp³-hybridized carbons (Fsp3) is 0.364. The smallest absolute Gasteiger partial charge is 0.322 e. The van der Waals surface area contributed by atoms with E-state index in [1.54, 1.807) is 56.7 Å². The van der Waals surface area contributed by atoms with E-state index in [1.807, 2.05) is 12.1 Å². The number of anilines is 1. The van der Waals surface area contributed by atoms with Crippen LogP contribution in [0.4, 0.5) is 14.9 Å². The van der Waals surface area contributed by atoms with E-state index < -0.39 is 12.1 Å². The second-order valence-corrected chi connectivity index (χ2v) is 10.6. The molecule has 0 radical (unpaired) electrons. The van der Waals surface area contributed by atoms with Crippen LogP contribution in [0.15, 0.2) is 71.8 Å². The summed E-state index contributed by atoms with van der Waals surface area (Å²) < 4.78 is 35.7. The molecule has 0 unspecified atom stereocenters. The third-order valence-electron chi connectivity index (χ3n) is 7.89. The summed E-state index contributed by atoms with van der Waals surface area (Å²) in [4.78, 5) is 31.4. The number of hydrazone groups is 1. The molecule has 1 N–H and O–H groups in total. The van der Waals surface area contributed by atoms with Gasteiger partial charge < -0.3 is 29.2 Å². The Kier molecular flexibility index (Phi) is 10.5. The van der Waals surface area contributed by atoms with Gasteiger partial charge in [-0.25, -0.2) is 14.2 Å². The van der Waals surface area contributed by atoms with E-state index in [0.717, 1.165) is 13.1 Å². The Labute approximate surface area is 262 Å².